The van der Waals surface area contributed by atoms with Crippen molar-refractivity contribution in [2.45, 2.75) is 0 Å². The first-order valence-corrected chi connectivity index (χ1v) is 22.4. The van der Waals surface area contributed by atoms with Crippen molar-refractivity contribution in [3.8, 4) is 44.5 Å². The van der Waals surface area contributed by atoms with Crippen molar-refractivity contribution in [3.05, 3.63) is 168 Å². The number of aromatic nitrogens is 4. The fourth-order valence-electron chi connectivity index (χ4n) is 6.84. The van der Waals surface area contributed by atoms with Crippen molar-refractivity contribution in [2.75, 3.05) is 0 Å². The molecular formula is C44H34N4O12S4Zn-4. The van der Waals surface area contributed by atoms with Crippen LogP contribution in [0.5, 0.6) is 0 Å². The van der Waals surface area contributed by atoms with Gasteiger partial charge in [0, 0.05) is 108 Å². The summed E-state index contributed by atoms with van der Waals surface area (Å²) in [7, 11) is -11.4. The molecule has 0 fully saturated rings. The number of rotatable bonds is 4. The van der Waals surface area contributed by atoms with E-state index < -0.39 is 43.9 Å². The van der Waals surface area contributed by atoms with Crippen LogP contribution < -0.4 is 0 Å². The molecule has 4 aromatic carbocycles. The molecule has 3 aromatic heterocycles. The molecule has 0 spiro atoms. The summed E-state index contributed by atoms with van der Waals surface area (Å²) in [4.78, 5) is 18.3. The number of nitrogens with zero attached hydrogens (tertiary/aromatic N) is 2. The van der Waals surface area contributed by atoms with Gasteiger partial charge in [-0.3, -0.25) is 0 Å². The minimum Gasteiger partial charge on any atom is -0.439 e. The molecule has 0 atom stereocenters. The zero-order valence-corrected chi connectivity index (χ0v) is 39.7. The van der Waals surface area contributed by atoms with Gasteiger partial charge in [-0.1, -0.05) is 121 Å². The molecule has 0 unspecified atom stereocenters. The van der Waals surface area contributed by atoms with Gasteiger partial charge in [0.1, 0.15) is 0 Å². The van der Waals surface area contributed by atoms with Gasteiger partial charge in [-0.25, -0.2) is 9.97 Å². The van der Waals surface area contributed by atoms with E-state index in [1.165, 1.54) is 0 Å². The van der Waals surface area contributed by atoms with Gasteiger partial charge in [-0.05, 0) is 70.8 Å². The Morgan fingerprint density at radius 1 is 0.308 bits per heavy atom. The van der Waals surface area contributed by atoms with Gasteiger partial charge in [0.15, 0.2) is 0 Å². The number of nitrogens with one attached hydrogen (secondary N) is 2. The summed E-state index contributed by atoms with van der Waals surface area (Å²) in [6, 6.07) is 50.7. The van der Waals surface area contributed by atoms with Gasteiger partial charge in [0.25, 0.3) is 0 Å². The molecular weight excluding hydrogens is 970 g/mol. The predicted molar refractivity (Wildman–Crippen MR) is 246 cm³/mol. The third kappa shape index (κ3) is 14.9. The first-order chi connectivity index (χ1) is 30.7. The molecule has 332 valence electrons. The van der Waals surface area contributed by atoms with E-state index in [1.54, 1.807) is 0 Å². The van der Waals surface area contributed by atoms with Crippen molar-refractivity contribution in [1.82, 2.24) is 19.9 Å². The van der Waals surface area contributed by atoms with Crippen LogP contribution >= 0.6 is 0 Å². The molecule has 65 heavy (non-hydrogen) atoms. The Labute approximate surface area is 392 Å². The molecule has 9 rings (SSSR count). The first-order valence-electron chi connectivity index (χ1n) is 18.2. The van der Waals surface area contributed by atoms with Crippen LogP contribution in [0.25, 0.3) is 90.9 Å². The van der Waals surface area contributed by atoms with E-state index in [2.05, 4.69) is 156 Å². The Balaban J connectivity index is 0.000000475. The van der Waals surface area contributed by atoms with E-state index >= 15 is 0 Å². The third-order valence-electron chi connectivity index (χ3n) is 9.00. The van der Waals surface area contributed by atoms with Crippen LogP contribution in [0.1, 0.15) is 22.8 Å². The van der Waals surface area contributed by atoms with E-state index in [4.69, 9.17) is 61.9 Å². The number of fused-ring (bicyclic) bond motifs is 8. The van der Waals surface area contributed by atoms with Gasteiger partial charge in [-0.15, -0.1) is 0 Å². The number of hydrogen-bond donors (Lipinski definition) is 6. The number of aromatic amines is 2. The van der Waals surface area contributed by atoms with Gasteiger partial charge in [-0.2, -0.15) is 0 Å². The predicted octanol–water partition coefficient (Wildman–Crippen LogP) is 10.4. The second kappa shape index (κ2) is 25.3. The van der Waals surface area contributed by atoms with Crippen molar-refractivity contribution >= 4 is 90.3 Å². The zero-order chi connectivity index (χ0) is 46.2. The van der Waals surface area contributed by atoms with Crippen LogP contribution in [0.3, 0.4) is 0 Å². The molecule has 0 amide bonds. The minimum atomic E-state index is -2.86. The molecule has 0 aliphatic carbocycles. The largest absolute Gasteiger partial charge is 0.439 e. The fourth-order valence-corrected chi connectivity index (χ4v) is 6.84. The van der Waals surface area contributed by atoms with Crippen molar-refractivity contribution in [2.24, 2.45) is 0 Å². The monoisotopic (exact) mass is 1000 g/mol. The molecule has 5 heterocycles. The number of hydrogen-bond acceptors (Lipinski definition) is 14. The SMILES string of the molecule is C1=Cc2nc1c(-c1ccccc1)c1ccc([nH]1)c(-c1ccccc1)c1nc(c(-c3ccccc3)c3ccc([nH]3)c2-c2ccccc2)C=C1.O=[S-](=O)O.O=[S-](=O)O.O=[S-](=O)O.O=[S-](=O)O.[Zn]. The Hall–Kier alpha value is -6.26. The Kier molecular flexibility index (Phi) is 20.0. The van der Waals surface area contributed by atoms with E-state index in [9.17, 15) is 0 Å². The molecule has 0 saturated carbocycles. The summed E-state index contributed by atoms with van der Waals surface area (Å²) in [6.07, 6.45) is 8.54. The van der Waals surface area contributed by atoms with E-state index in [1.807, 2.05) is 24.3 Å². The Morgan fingerprint density at radius 2 is 0.477 bits per heavy atom. The average molecular weight is 1000 g/mol. The first kappa shape index (κ1) is 51.4. The maximum atomic E-state index is 8.56. The smallest absolute Gasteiger partial charge is 0.0737 e. The van der Waals surface area contributed by atoms with Crippen LogP contribution in [-0.2, 0) is 97.1 Å². The molecule has 16 nitrogen and oxygen atoms in total. The van der Waals surface area contributed by atoms with Crippen LogP contribution in [-0.4, -0.2) is 38.1 Å². The van der Waals surface area contributed by atoms with Crippen LogP contribution in [0, 0.1) is 0 Å². The van der Waals surface area contributed by atoms with E-state index in [0.717, 1.165) is 89.4 Å². The Bertz CT molecular complexity index is 2820. The summed E-state index contributed by atoms with van der Waals surface area (Å²) < 4.78 is 96.3. The number of benzene rings is 4. The molecule has 8 bridgehead atoms. The number of H-pyrrole nitrogens is 2. The van der Waals surface area contributed by atoms with Gasteiger partial charge in [0.2, 0.25) is 0 Å². The summed E-state index contributed by atoms with van der Waals surface area (Å²) in [5.41, 5.74) is 16.2. The maximum Gasteiger partial charge on any atom is 0.0737 e. The summed E-state index contributed by atoms with van der Waals surface area (Å²) in [5.74, 6) is 0. The topological polar surface area (TPSA) is 275 Å². The normalized spacial score (nSPS) is 11.0. The Morgan fingerprint density at radius 3 is 0.646 bits per heavy atom. The molecule has 6 N–H and O–H groups in total. The molecule has 2 aliphatic heterocycles. The van der Waals surface area contributed by atoms with Crippen molar-refractivity contribution in [3.63, 3.8) is 0 Å². The quantitative estimate of drug-likeness (QED) is 0.0414. The summed E-state index contributed by atoms with van der Waals surface area (Å²) >= 11 is 0. The minimum absolute atomic E-state index is 0. The second-order valence-electron chi connectivity index (χ2n) is 12.8. The van der Waals surface area contributed by atoms with E-state index in [-0.39, 0.29) is 19.5 Å². The van der Waals surface area contributed by atoms with Gasteiger partial charge >= 0.3 is 0 Å². The maximum absolute atomic E-state index is 8.56. The standard InChI is InChI=1S/C44H30N4.4HO3S.Zn/c1-5-13-29(14-6-1)41-33-21-23-35(45-33)42(30-15-7-2-8-16-30)37-25-27-39(47-37)44(32-19-11-4-12-20-32)40-28-26-38(48-40)43(31-17-9-3-10-18-31)36-24-22-34(41)46-36;4*1-4(2)3;/h1-28,45,48H;4*(H,1,2,3);/q;4*-1;. The van der Waals surface area contributed by atoms with Crippen LogP contribution in [0.15, 0.2) is 146 Å². The molecule has 0 saturated heterocycles. The molecule has 7 aromatic rings. The van der Waals surface area contributed by atoms with Crippen molar-refractivity contribution < 1.29 is 71.4 Å². The zero-order valence-electron chi connectivity index (χ0n) is 33.5. The van der Waals surface area contributed by atoms with Crippen molar-refractivity contribution in [1.29, 1.82) is 0 Å². The van der Waals surface area contributed by atoms with E-state index in [0.29, 0.717) is 0 Å². The fraction of sp³-hybridized carbons (Fsp3) is 0. The average Bonchev–Trinajstić information content (AvgIpc) is 4.10. The van der Waals surface area contributed by atoms with Gasteiger partial charge < -0.3 is 61.9 Å². The molecule has 21 heteroatoms. The summed E-state index contributed by atoms with van der Waals surface area (Å²) in [6.45, 7) is 0. The third-order valence-corrected chi connectivity index (χ3v) is 9.00. The summed E-state index contributed by atoms with van der Waals surface area (Å²) in [5, 5.41) is 0. The molecule has 2 aliphatic rings. The van der Waals surface area contributed by atoms with Gasteiger partial charge in [0.05, 0.1) is 22.8 Å². The second-order valence-corrected chi connectivity index (χ2v) is 14.6. The van der Waals surface area contributed by atoms with Crippen LogP contribution in [0.4, 0.5) is 0 Å². The van der Waals surface area contributed by atoms with Crippen LogP contribution in [0.2, 0.25) is 0 Å². The molecule has 0 radical (unpaired) electrons.